The zero-order chi connectivity index (χ0) is 26.9. The highest BCUT2D eigenvalue weighted by Crippen LogP contribution is 2.46. The number of aromatic hydroxyl groups is 1. The van der Waals surface area contributed by atoms with E-state index in [0.29, 0.717) is 46.4 Å². The van der Waals surface area contributed by atoms with E-state index in [9.17, 15) is 9.90 Å². The summed E-state index contributed by atoms with van der Waals surface area (Å²) in [7, 11) is 0. The molecule has 1 amide bonds. The molecule has 39 heavy (non-hydrogen) atoms. The standard InChI is InChI=1S/C32H26ClN3O3/c1-20-10-12-21(13-11-20)18-36-31(23-8-5-9-25(16-23)39-19-22-6-3-2-4-7-22)28-29(34-35-30(28)32(36)38)26-17-24(33)14-15-27(26)37/h2-17,31,37H,18-19H2,1H3,(H,34,35). The number of rotatable bonds is 7. The maximum Gasteiger partial charge on any atom is 0.273 e. The summed E-state index contributed by atoms with van der Waals surface area (Å²) < 4.78 is 6.12. The molecule has 4 aromatic carbocycles. The Kier molecular flexibility index (Phi) is 6.55. The largest absolute Gasteiger partial charge is 0.507 e. The zero-order valence-corrected chi connectivity index (χ0v) is 22.0. The van der Waals surface area contributed by atoms with Gasteiger partial charge in [0.15, 0.2) is 0 Å². The lowest BCUT2D eigenvalue weighted by molar-refractivity contribution is 0.0730. The van der Waals surface area contributed by atoms with Crippen molar-refractivity contribution < 1.29 is 14.6 Å². The number of phenolic OH excluding ortho intramolecular Hbond substituents is 1. The van der Waals surface area contributed by atoms with Crippen LogP contribution >= 0.6 is 11.6 Å². The molecule has 1 aliphatic heterocycles. The number of aryl methyl sites for hydroxylation is 1. The molecular weight excluding hydrogens is 510 g/mol. The Labute approximate surface area is 231 Å². The molecule has 0 aliphatic carbocycles. The van der Waals surface area contributed by atoms with E-state index < -0.39 is 6.04 Å². The average Bonchev–Trinajstić information content (AvgIpc) is 3.49. The number of fused-ring (bicyclic) bond motifs is 1. The van der Waals surface area contributed by atoms with Crippen molar-refractivity contribution in [3.05, 3.63) is 136 Å². The van der Waals surface area contributed by atoms with Crippen molar-refractivity contribution in [1.29, 1.82) is 0 Å². The van der Waals surface area contributed by atoms with Gasteiger partial charge in [-0.2, -0.15) is 5.10 Å². The topological polar surface area (TPSA) is 78.5 Å². The molecule has 6 nitrogen and oxygen atoms in total. The van der Waals surface area contributed by atoms with Crippen molar-refractivity contribution in [2.45, 2.75) is 26.1 Å². The number of nitrogens with zero attached hydrogens (tertiary/aromatic N) is 2. The minimum atomic E-state index is -0.457. The van der Waals surface area contributed by atoms with Gasteiger partial charge in [-0.05, 0) is 53.9 Å². The Balaban J connectivity index is 1.43. The number of hydrogen-bond donors (Lipinski definition) is 2. The number of phenols is 1. The fourth-order valence-corrected chi connectivity index (χ4v) is 5.19. The Bertz CT molecular complexity index is 1650. The normalized spacial score (nSPS) is 14.5. The Morgan fingerprint density at radius 3 is 2.54 bits per heavy atom. The maximum atomic E-state index is 13.8. The highest BCUT2D eigenvalue weighted by Gasteiger charge is 2.42. The van der Waals surface area contributed by atoms with Gasteiger partial charge in [-0.1, -0.05) is 83.9 Å². The third kappa shape index (κ3) is 4.87. The fourth-order valence-electron chi connectivity index (χ4n) is 5.02. The first-order chi connectivity index (χ1) is 19.0. The predicted octanol–water partition coefficient (Wildman–Crippen LogP) is 7.07. The van der Waals surface area contributed by atoms with E-state index >= 15 is 0 Å². The van der Waals surface area contributed by atoms with Crippen LogP contribution in [0, 0.1) is 6.92 Å². The molecule has 1 aromatic heterocycles. The number of carbonyl (C=O) groups excluding carboxylic acids is 1. The number of amides is 1. The summed E-state index contributed by atoms with van der Waals surface area (Å²) in [4.78, 5) is 15.6. The van der Waals surface area contributed by atoms with Gasteiger partial charge in [0.05, 0.1) is 6.04 Å². The lowest BCUT2D eigenvalue weighted by Gasteiger charge is -2.27. The molecule has 0 fully saturated rings. The van der Waals surface area contributed by atoms with Gasteiger partial charge in [0.2, 0.25) is 0 Å². The Hall–Kier alpha value is -4.55. The summed E-state index contributed by atoms with van der Waals surface area (Å²) >= 11 is 6.28. The van der Waals surface area contributed by atoms with Gasteiger partial charge in [0, 0.05) is 22.7 Å². The minimum absolute atomic E-state index is 0.0387. The number of benzene rings is 4. The Morgan fingerprint density at radius 2 is 1.74 bits per heavy atom. The highest BCUT2D eigenvalue weighted by atomic mass is 35.5. The molecule has 1 unspecified atom stereocenters. The highest BCUT2D eigenvalue weighted by molar-refractivity contribution is 6.31. The number of nitrogens with one attached hydrogen (secondary N) is 1. The van der Waals surface area contributed by atoms with E-state index in [4.69, 9.17) is 16.3 Å². The summed E-state index contributed by atoms with van der Waals surface area (Å²) in [5.41, 5.74) is 6.17. The van der Waals surface area contributed by atoms with E-state index in [1.54, 1.807) is 12.1 Å². The first kappa shape index (κ1) is 24.8. The second kappa shape index (κ2) is 10.3. The van der Waals surface area contributed by atoms with Crippen LogP contribution in [0.25, 0.3) is 11.3 Å². The second-order valence-electron chi connectivity index (χ2n) is 9.69. The van der Waals surface area contributed by atoms with E-state index in [0.717, 1.165) is 22.3 Å². The second-order valence-corrected chi connectivity index (χ2v) is 10.1. The number of halogens is 1. The molecule has 0 radical (unpaired) electrons. The summed E-state index contributed by atoms with van der Waals surface area (Å²) in [6, 6.07) is 30.3. The van der Waals surface area contributed by atoms with Crippen LogP contribution in [-0.4, -0.2) is 26.1 Å². The van der Waals surface area contributed by atoms with Crippen LogP contribution in [0.15, 0.2) is 97.1 Å². The van der Waals surface area contributed by atoms with Crippen LogP contribution in [0.2, 0.25) is 5.02 Å². The molecule has 194 valence electrons. The Morgan fingerprint density at radius 1 is 0.949 bits per heavy atom. The molecule has 1 aliphatic rings. The average molecular weight is 536 g/mol. The third-order valence-corrected chi connectivity index (χ3v) is 7.21. The summed E-state index contributed by atoms with van der Waals surface area (Å²) in [6.07, 6.45) is 0. The van der Waals surface area contributed by atoms with E-state index in [-0.39, 0.29) is 11.7 Å². The molecule has 2 N–H and O–H groups in total. The molecule has 2 heterocycles. The van der Waals surface area contributed by atoms with Gasteiger partial charge >= 0.3 is 0 Å². The maximum absolute atomic E-state index is 13.8. The van der Waals surface area contributed by atoms with Gasteiger partial charge in [-0.3, -0.25) is 9.89 Å². The zero-order valence-electron chi connectivity index (χ0n) is 21.3. The van der Waals surface area contributed by atoms with E-state index in [1.807, 2.05) is 90.7 Å². The van der Waals surface area contributed by atoms with Crippen molar-refractivity contribution in [3.8, 4) is 22.8 Å². The molecular formula is C32H26ClN3O3. The lowest BCUT2D eigenvalue weighted by atomic mass is 9.95. The molecule has 1 atom stereocenters. The van der Waals surface area contributed by atoms with Crippen molar-refractivity contribution in [2.75, 3.05) is 0 Å². The molecule has 5 aromatic rings. The van der Waals surface area contributed by atoms with E-state index in [1.165, 1.54) is 6.07 Å². The molecule has 7 heteroatoms. The third-order valence-electron chi connectivity index (χ3n) is 6.97. The lowest BCUT2D eigenvalue weighted by Crippen LogP contribution is -2.29. The smallest absolute Gasteiger partial charge is 0.273 e. The summed E-state index contributed by atoms with van der Waals surface area (Å²) in [5, 5.41) is 18.6. The monoisotopic (exact) mass is 535 g/mol. The van der Waals surface area contributed by atoms with Crippen molar-refractivity contribution in [3.63, 3.8) is 0 Å². The van der Waals surface area contributed by atoms with Crippen molar-refractivity contribution in [1.82, 2.24) is 15.1 Å². The molecule has 0 saturated carbocycles. The summed E-state index contributed by atoms with van der Waals surface area (Å²) in [5.74, 6) is 0.575. The van der Waals surface area contributed by atoms with Gasteiger partial charge < -0.3 is 14.7 Å². The van der Waals surface area contributed by atoms with Gasteiger partial charge in [-0.15, -0.1) is 0 Å². The SMILES string of the molecule is Cc1ccc(CN2C(=O)c3[nH]nc(-c4cc(Cl)ccc4O)c3C2c2cccc(OCc3ccccc3)c2)cc1. The summed E-state index contributed by atoms with van der Waals surface area (Å²) in [6.45, 7) is 2.87. The number of aromatic nitrogens is 2. The first-order valence-corrected chi connectivity index (χ1v) is 13.1. The predicted molar refractivity (Wildman–Crippen MR) is 151 cm³/mol. The first-order valence-electron chi connectivity index (χ1n) is 12.7. The van der Waals surface area contributed by atoms with Crippen molar-refractivity contribution >= 4 is 17.5 Å². The van der Waals surface area contributed by atoms with E-state index in [2.05, 4.69) is 10.2 Å². The van der Waals surface area contributed by atoms with Crippen LogP contribution in [0.1, 0.15) is 44.3 Å². The molecule has 0 spiro atoms. The van der Waals surface area contributed by atoms with Crippen LogP contribution in [-0.2, 0) is 13.2 Å². The van der Waals surface area contributed by atoms with Crippen LogP contribution in [0.5, 0.6) is 11.5 Å². The number of carbonyl (C=O) groups is 1. The number of hydrogen-bond acceptors (Lipinski definition) is 4. The van der Waals surface area contributed by atoms with Crippen LogP contribution in [0.4, 0.5) is 0 Å². The number of H-pyrrole nitrogens is 1. The number of aromatic amines is 1. The van der Waals surface area contributed by atoms with Crippen LogP contribution in [0.3, 0.4) is 0 Å². The number of ether oxygens (including phenoxy) is 1. The minimum Gasteiger partial charge on any atom is -0.507 e. The fraction of sp³-hybridized carbons (Fsp3) is 0.125. The van der Waals surface area contributed by atoms with Gasteiger partial charge in [-0.25, -0.2) is 0 Å². The quantitative estimate of drug-likeness (QED) is 0.234. The molecule has 0 saturated heterocycles. The van der Waals surface area contributed by atoms with Crippen LogP contribution < -0.4 is 4.74 Å². The molecule has 0 bridgehead atoms. The molecule has 6 rings (SSSR count). The van der Waals surface area contributed by atoms with Crippen molar-refractivity contribution in [2.24, 2.45) is 0 Å². The van der Waals surface area contributed by atoms with Gasteiger partial charge in [0.25, 0.3) is 5.91 Å². The van der Waals surface area contributed by atoms with Gasteiger partial charge in [0.1, 0.15) is 29.5 Å².